The molecule has 3 atom stereocenters. The van der Waals surface area contributed by atoms with Gasteiger partial charge in [-0.3, -0.25) is 9.59 Å². The monoisotopic (exact) mass is 870 g/mol. The molecule has 1 amide bonds. The Morgan fingerprint density at radius 3 is 1.35 bits per heavy atom. The summed E-state index contributed by atoms with van der Waals surface area (Å²) in [5.74, 6) is -0.502. The highest BCUT2D eigenvalue weighted by Crippen LogP contribution is 2.18. The van der Waals surface area contributed by atoms with Gasteiger partial charge in [-0.2, -0.15) is 0 Å². The molecular formula is C56H103NO5. The van der Waals surface area contributed by atoms with E-state index in [1.54, 1.807) is 0 Å². The topological polar surface area (TPSA) is 95.9 Å². The van der Waals surface area contributed by atoms with Gasteiger partial charge in [0.1, 0.15) is 6.10 Å². The second-order valence-electron chi connectivity index (χ2n) is 18.3. The van der Waals surface area contributed by atoms with Gasteiger partial charge in [0.15, 0.2) is 0 Å². The molecule has 6 nitrogen and oxygen atoms in total. The zero-order valence-electron chi connectivity index (χ0n) is 41.3. The number of carbonyl (C=O) groups excluding carboxylic acids is 2. The molecule has 0 aromatic carbocycles. The van der Waals surface area contributed by atoms with Crippen molar-refractivity contribution in [3.05, 3.63) is 48.6 Å². The Bertz CT molecular complexity index is 1070. The molecule has 362 valence electrons. The fourth-order valence-corrected chi connectivity index (χ4v) is 8.03. The number of amides is 1. The van der Waals surface area contributed by atoms with E-state index in [0.717, 1.165) is 96.3 Å². The molecule has 0 aromatic rings. The number of ether oxygens (including phenoxy) is 1. The number of nitrogens with one attached hydrogen (secondary N) is 1. The molecule has 0 bridgehead atoms. The average Bonchev–Trinajstić information content (AvgIpc) is 3.26. The van der Waals surface area contributed by atoms with Crippen molar-refractivity contribution in [2.45, 2.75) is 289 Å². The van der Waals surface area contributed by atoms with Crippen LogP contribution in [0.2, 0.25) is 0 Å². The van der Waals surface area contributed by atoms with Gasteiger partial charge in [0, 0.05) is 6.42 Å². The van der Waals surface area contributed by atoms with Gasteiger partial charge in [0.05, 0.1) is 25.2 Å². The molecule has 0 heterocycles. The minimum atomic E-state index is -0.795. The predicted octanol–water partition coefficient (Wildman–Crippen LogP) is 16.2. The number of hydrogen-bond acceptors (Lipinski definition) is 5. The molecule has 0 saturated heterocycles. The van der Waals surface area contributed by atoms with Gasteiger partial charge in [-0.25, -0.2) is 0 Å². The number of aliphatic hydroxyl groups is 2. The quantitative estimate of drug-likeness (QED) is 0.0322. The van der Waals surface area contributed by atoms with Crippen LogP contribution >= 0.6 is 0 Å². The number of unbranched alkanes of at least 4 members (excludes halogenated alkanes) is 28. The first-order valence-corrected chi connectivity index (χ1v) is 26.9. The summed E-state index contributed by atoms with van der Waals surface area (Å²) in [5.41, 5.74) is 0. The summed E-state index contributed by atoms with van der Waals surface area (Å²) < 4.78 is 5.92. The lowest BCUT2D eigenvalue weighted by Crippen LogP contribution is -2.46. The average molecular weight is 870 g/mol. The molecule has 6 heteroatoms. The molecular weight excluding hydrogens is 767 g/mol. The number of carbonyl (C=O) groups is 2. The van der Waals surface area contributed by atoms with Crippen molar-refractivity contribution >= 4 is 11.9 Å². The zero-order chi connectivity index (χ0) is 45.2. The summed E-state index contributed by atoms with van der Waals surface area (Å²) in [5, 5.41) is 23.8. The van der Waals surface area contributed by atoms with Gasteiger partial charge >= 0.3 is 5.97 Å². The maximum absolute atomic E-state index is 13.2. The lowest BCUT2D eigenvalue weighted by atomic mass is 10.0. The lowest BCUT2D eigenvalue weighted by molar-refractivity contribution is -0.151. The van der Waals surface area contributed by atoms with Crippen LogP contribution in [0.1, 0.15) is 271 Å². The molecule has 0 fully saturated rings. The maximum Gasteiger partial charge on any atom is 0.306 e. The number of esters is 1. The van der Waals surface area contributed by atoms with Crippen molar-refractivity contribution in [2.24, 2.45) is 0 Å². The molecule has 3 N–H and O–H groups in total. The summed E-state index contributed by atoms with van der Waals surface area (Å²) in [4.78, 5) is 26.1. The van der Waals surface area contributed by atoms with Gasteiger partial charge < -0.3 is 20.3 Å². The van der Waals surface area contributed by atoms with Crippen molar-refractivity contribution in [1.82, 2.24) is 5.32 Å². The van der Waals surface area contributed by atoms with Crippen LogP contribution in [0.4, 0.5) is 0 Å². The smallest absolute Gasteiger partial charge is 0.306 e. The normalized spacial score (nSPS) is 13.6. The van der Waals surface area contributed by atoms with Crippen molar-refractivity contribution < 1.29 is 24.5 Å². The van der Waals surface area contributed by atoms with E-state index in [1.807, 2.05) is 0 Å². The van der Waals surface area contributed by atoms with E-state index in [2.05, 4.69) is 74.7 Å². The van der Waals surface area contributed by atoms with Crippen LogP contribution in [0.5, 0.6) is 0 Å². The number of rotatable bonds is 48. The number of aliphatic hydroxyl groups excluding tert-OH is 2. The van der Waals surface area contributed by atoms with Crippen LogP contribution in [0, 0.1) is 0 Å². The Labute approximate surface area is 385 Å². The highest BCUT2D eigenvalue weighted by atomic mass is 16.5. The van der Waals surface area contributed by atoms with Crippen LogP contribution in [-0.4, -0.2) is 46.9 Å². The van der Waals surface area contributed by atoms with Gasteiger partial charge in [0.25, 0.3) is 0 Å². The zero-order valence-corrected chi connectivity index (χ0v) is 41.3. The van der Waals surface area contributed by atoms with Crippen molar-refractivity contribution in [1.29, 1.82) is 0 Å². The standard InChI is InChI=1S/C56H103NO5/c1-4-7-10-13-16-19-22-24-26-28-29-31-33-35-38-41-44-47-52(62-56(61)49-46-43-40-37-21-18-15-12-9-6-3)50-55(60)57-53(51-58)54(59)48-45-42-39-36-34-32-30-27-25-23-20-17-14-11-8-5-2/h12,15-16,19,24,26,29,31,52-54,58-59H,4-11,13-14,17-18,20-23,25,27-28,30,32-51H2,1-3H3,(H,57,60)/b15-12-,19-16-,26-24-,31-29-. The molecule has 0 rings (SSSR count). The van der Waals surface area contributed by atoms with E-state index < -0.39 is 18.2 Å². The van der Waals surface area contributed by atoms with Crippen LogP contribution in [-0.2, 0) is 14.3 Å². The summed E-state index contributed by atoms with van der Waals surface area (Å²) >= 11 is 0. The second-order valence-corrected chi connectivity index (χ2v) is 18.3. The lowest BCUT2D eigenvalue weighted by Gasteiger charge is -2.24. The van der Waals surface area contributed by atoms with Crippen molar-refractivity contribution in [2.75, 3.05) is 6.61 Å². The van der Waals surface area contributed by atoms with Gasteiger partial charge in [0.2, 0.25) is 5.91 Å². The first-order chi connectivity index (χ1) is 30.5. The van der Waals surface area contributed by atoms with Gasteiger partial charge in [-0.1, -0.05) is 223 Å². The van der Waals surface area contributed by atoms with Crippen LogP contribution < -0.4 is 5.32 Å². The first kappa shape index (κ1) is 59.8. The minimum Gasteiger partial charge on any atom is -0.462 e. The maximum atomic E-state index is 13.2. The van der Waals surface area contributed by atoms with E-state index in [9.17, 15) is 19.8 Å². The molecule has 0 aromatic heterocycles. The van der Waals surface area contributed by atoms with E-state index >= 15 is 0 Å². The van der Waals surface area contributed by atoms with E-state index in [-0.39, 0.29) is 24.9 Å². The molecule has 0 aliphatic heterocycles. The number of hydrogen-bond donors (Lipinski definition) is 3. The highest BCUT2D eigenvalue weighted by molar-refractivity contribution is 5.77. The molecule has 0 aliphatic rings. The van der Waals surface area contributed by atoms with Crippen LogP contribution in [0.25, 0.3) is 0 Å². The molecule has 3 unspecified atom stereocenters. The van der Waals surface area contributed by atoms with Gasteiger partial charge in [-0.05, 0) is 83.5 Å². The predicted molar refractivity (Wildman–Crippen MR) is 269 cm³/mol. The van der Waals surface area contributed by atoms with Crippen molar-refractivity contribution in [3.8, 4) is 0 Å². The fourth-order valence-electron chi connectivity index (χ4n) is 8.03. The Hall–Kier alpha value is -2.18. The van der Waals surface area contributed by atoms with Gasteiger partial charge in [-0.15, -0.1) is 0 Å². The van der Waals surface area contributed by atoms with Crippen LogP contribution in [0.15, 0.2) is 48.6 Å². The molecule has 0 radical (unpaired) electrons. The third-order valence-electron chi connectivity index (χ3n) is 12.1. The first-order valence-electron chi connectivity index (χ1n) is 26.9. The molecule has 0 saturated carbocycles. The van der Waals surface area contributed by atoms with E-state index in [1.165, 1.54) is 128 Å². The summed E-state index contributed by atoms with van der Waals surface area (Å²) in [7, 11) is 0. The van der Waals surface area contributed by atoms with Crippen molar-refractivity contribution in [3.63, 3.8) is 0 Å². The third-order valence-corrected chi connectivity index (χ3v) is 12.1. The number of allylic oxidation sites excluding steroid dienone is 8. The SMILES string of the molecule is CCC/C=C\CCCCCCCC(=O)OC(CCCCCC/C=C\C/C=C\C/C=C\CCCCC)CC(=O)NC(CO)C(O)CCCCCCCCCCCCCCCCCC. The second kappa shape index (κ2) is 49.8. The van der Waals surface area contributed by atoms with E-state index in [0.29, 0.717) is 19.3 Å². The molecule has 62 heavy (non-hydrogen) atoms. The Morgan fingerprint density at radius 2 is 0.855 bits per heavy atom. The Morgan fingerprint density at radius 1 is 0.468 bits per heavy atom. The fraction of sp³-hybridized carbons (Fsp3) is 0.821. The largest absolute Gasteiger partial charge is 0.462 e. The summed E-state index contributed by atoms with van der Waals surface area (Å²) in [6.45, 7) is 6.40. The minimum absolute atomic E-state index is 0.0600. The summed E-state index contributed by atoms with van der Waals surface area (Å²) in [6, 6.07) is -0.710. The molecule has 0 spiro atoms. The van der Waals surface area contributed by atoms with E-state index in [4.69, 9.17) is 4.74 Å². The third kappa shape index (κ3) is 44.4. The Balaban J connectivity index is 4.56. The summed E-state index contributed by atoms with van der Waals surface area (Å²) in [6.07, 6.45) is 60.3. The van der Waals surface area contributed by atoms with Crippen LogP contribution in [0.3, 0.4) is 0 Å². The highest BCUT2D eigenvalue weighted by Gasteiger charge is 2.24. The Kier molecular flexibility index (Phi) is 48.1. The molecule has 0 aliphatic carbocycles.